The summed E-state index contributed by atoms with van der Waals surface area (Å²) in [6, 6.07) is 8.04. The van der Waals surface area contributed by atoms with Crippen LogP contribution in [0.4, 0.5) is 4.39 Å². The van der Waals surface area contributed by atoms with Gasteiger partial charge in [0.2, 0.25) is 10.0 Å². The van der Waals surface area contributed by atoms with Gasteiger partial charge in [-0.15, -0.1) is 0 Å². The van der Waals surface area contributed by atoms with Gasteiger partial charge in [-0.3, -0.25) is 4.79 Å². The van der Waals surface area contributed by atoms with Crippen LogP contribution in [-0.4, -0.2) is 47.8 Å². The number of carbonyl (C=O) groups is 1. The third-order valence-electron chi connectivity index (χ3n) is 5.75. The van der Waals surface area contributed by atoms with Crippen molar-refractivity contribution in [1.29, 1.82) is 0 Å². The second-order valence-electron chi connectivity index (χ2n) is 8.14. The molecular formula is C23H26FN3O3S3. The van der Waals surface area contributed by atoms with Crippen LogP contribution in [0.1, 0.15) is 24.0 Å². The standard InChI is InChI=1S/C23H26FN3O3S3/c1-15-13-16(2)21-20(14-15)26(11-12-31-3)23(32-21)25-22(28)19-5-4-10-27(19)33(29,30)18-8-6-17(24)7-9-18/h6-9,13-14,19H,4-5,10-12H2,1-3H3. The lowest BCUT2D eigenvalue weighted by Gasteiger charge is -2.21. The monoisotopic (exact) mass is 507 g/mol. The zero-order valence-electron chi connectivity index (χ0n) is 18.7. The minimum atomic E-state index is -3.92. The van der Waals surface area contributed by atoms with E-state index in [-0.39, 0.29) is 11.4 Å². The number of hydrogen-bond acceptors (Lipinski definition) is 5. The number of rotatable bonds is 6. The number of nitrogens with zero attached hydrogens (tertiary/aromatic N) is 3. The van der Waals surface area contributed by atoms with Crippen LogP contribution < -0.4 is 4.80 Å². The Kier molecular flexibility index (Phi) is 7.09. The maximum atomic E-state index is 13.3. The molecule has 3 aromatic rings. The van der Waals surface area contributed by atoms with Gasteiger partial charge in [-0.25, -0.2) is 12.8 Å². The molecule has 33 heavy (non-hydrogen) atoms. The molecule has 1 amide bonds. The maximum Gasteiger partial charge on any atom is 0.266 e. The molecular weight excluding hydrogens is 481 g/mol. The molecule has 6 nitrogen and oxygen atoms in total. The molecule has 0 bridgehead atoms. The summed E-state index contributed by atoms with van der Waals surface area (Å²) < 4.78 is 43.9. The molecule has 10 heteroatoms. The van der Waals surface area contributed by atoms with Gasteiger partial charge >= 0.3 is 0 Å². The van der Waals surface area contributed by atoms with Crippen molar-refractivity contribution in [1.82, 2.24) is 8.87 Å². The van der Waals surface area contributed by atoms with Crippen molar-refractivity contribution in [2.45, 2.75) is 44.2 Å². The number of sulfonamides is 1. The number of aryl methyl sites for hydroxylation is 3. The summed E-state index contributed by atoms with van der Waals surface area (Å²) in [5.74, 6) is -0.102. The first kappa shape index (κ1) is 24.1. The number of aromatic nitrogens is 1. The molecule has 1 fully saturated rings. The van der Waals surface area contributed by atoms with Crippen molar-refractivity contribution in [3.8, 4) is 0 Å². The second kappa shape index (κ2) is 9.69. The van der Waals surface area contributed by atoms with E-state index in [1.807, 2.05) is 20.1 Å². The molecule has 0 saturated carbocycles. The molecule has 1 unspecified atom stereocenters. The van der Waals surface area contributed by atoms with E-state index in [9.17, 15) is 17.6 Å². The Morgan fingerprint density at radius 2 is 1.97 bits per heavy atom. The lowest BCUT2D eigenvalue weighted by atomic mass is 10.1. The van der Waals surface area contributed by atoms with Crippen molar-refractivity contribution in [3.05, 3.63) is 58.1 Å². The normalized spacial score (nSPS) is 17.8. The van der Waals surface area contributed by atoms with E-state index in [1.165, 1.54) is 27.8 Å². The average Bonchev–Trinajstić information content (AvgIpc) is 3.39. The highest BCUT2D eigenvalue weighted by molar-refractivity contribution is 7.98. The number of halogens is 1. The van der Waals surface area contributed by atoms with Gasteiger partial charge < -0.3 is 4.57 Å². The number of carbonyl (C=O) groups excluding carboxylic acids is 1. The molecule has 1 atom stereocenters. The van der Waals surface area contributed by atoms with Crippen molar-refractivity contribution in [2.24, 2.45) is 4.99 Å². The highest BCUT2D eigenvalue weighted by Gasteiger charge is 2.39. The van der Waals surface area contributed by atoms with Gasteiger partial charge in [0.25, 0.3) is 5.91 Å². The molecule has 1 aromatic heterocycles. The lowest BCUT2D eigenvalue weighted by Crippen LogP contribution is -2.40. The quantitative estimate of drug-likeness (QED) is 0.504. The van der Waals surface area contributed by atoms with E-state index in [4.69, 9.17) is 0 Å². The van der Waals surface area contributed by atoms with Crippen LogP contribution in [0, 0.1) is 19.7 Å². The highest BCUT2D eigenvalue weighted by atomic mass is 32.2. The molecule has 1 saturated heterocycles. The van der Waals surface area contributed by atoms with Crippen molar-refractivity contribution in [2.75, 3.05) is 18.6 Å². The second-order valence-corrected chi connectivity index (χ2v) is 12.0. The van der Waals surface area contributed by atoms with Crippen molar-refractivity contribution >= 4 is 49.2 Å². The number of hydrogen-bond donors (Lipinski definition) is 0. The Bertz CT molecular complexity index is 1360. The predicted octanol–water partition coefficient (Wildman–Crippen LogP) is 4.10. The Morgan fingerprint density at radius 1 is 1.24 bits per heavy atom. The Labute approximate surface area is 201 Å². The topological polar surface area (TPSA) is 71.7 Å². The van der Waals surface area contributed by atoms with Crippen molar-refractivity contribution in [3.63, 3.8) is 0 Å². The van der Waals surface area contributed by atoms with Gasteiger partial charge in [-0.1, -0.05) is 17.4 Å². The van der Waals surface area contributed by atoms with E-state index >= 15 is 0 Å². The van der Waals surface area contributed by atoms with Crippen LogP contribution in [0.25, 0.3) is 10.2 Å². The number of fused-ring (bicyclic) bond motifs is 1. The fourth-order valence-corrected chi connectivity index (χ4v) is 7.31. The number of amides is 1. The van der Waals surface area contributed by atoms with E-state index < -0.39 is 27.8 Å². The van der Waals surface area contributed by atoms with Crippen LogP contribution in [0.5, 0.6) is 0 Å². The van der Waals surface area contributed by atoms with Gasteiger partial charge in [0, 0.05) is 18.8 Å². The van der Waals surface area contributed by atoms with Crippen LogP contribution >= 0.6 is 23.1 Å². The molecule has 4 rings (SSSR count). The SMILES string of the molecule is CSCCn1c(=NC(=O)C2CCCN2S(=O)(=O)c2ccc(F)cc2)sc2c(C)cc(C)cc21. The Morgan fingerprint density at radius 3 is 2.67 bits per heavy atom. The van der Waals surface area contributed by atoms with Gasteiger partial charge in [0.05, 0.1) is 15.1 Å². The summed E-state index contributed by atoms with van der Waals surface area (Å²) in [5.41, 5.74) is 3.31. The zero-order chi connectivity index (χ0) is 23.8. The molecule has 176 valence electrons. The molecule has 1 aliphatic rings. The average molecular weight is 508 g/mol. The van der Waals surface area contributed by atoms with Crippen LogP contribution in [0.3, 0.4) is 0 Å². The van der Waals surface area contributed by atoms with Crippen LogP contribution in [0.15, 0.2) is 46.3 Å². The maximum absolute atomic E-state index is 13.3. The van der Waals surface area contributed by atoms with Gasteiger partial charge in [0.15, 0.2) is 4.80 Å². The van der Waals surface area contributed by atoms with Gasteiger partial charge in [-0.05, 0) is 74.4 Å². The summed E-state index contributed by atoms with van der Waals surface area (Å²) >= 11 is 3.18. The molecule has 0 spiro atoms. The Balaban J connectivity index is 1.74. The summed E-state index contributed by atoms with van der Waals surface area (Å²) in [5, 5.41) is 0. The number of thiazole rings is 1. The molecule has 0 aliphatic carbocycles. The first-order valence-corrected chi connectivity index (χ1v) is 14.3. The predicted molar refractivity (Wildman–Crippen MR) is 132 cm³/mol. The molecule has 0 radical (unpaired) electrons. The zero-order valence-corrected chi connectivity index (χ0v) is 21.2. The van der Waals surface area contributed by atoms with E-state index in [0.29, 0.717) is 24.2 Å². The molecule has 2 aromatic carbocycles. The van der Waals surface area contributed by atoms with Gasteiger partial charge in [0.1, 0.15) is 11.9 Å². The fourth-order valence-electron chi connectivity index (χ4n) is 4.18. The van der Waals surface area contributed by atoms with Crippen molar-refractivity contribution < 1.29 is 17.6 Å². The first-order valence-electron chi connectivity index (χ1n) is 10.7. The van der Waals surface area contributed by atoms with E-state index in [0.717, 1.165) is 39.2 Å². The van der Waals surface area contributed by atoms with E-state index in [2.05, 4.69) is 21.7 Å². The summed E-state index contributed by atoms with van der Waals surface area (Å²) in [7, 11) is -3.92. The fraction of sp³-hybridized carbons (Fsp3) is 0.391. The van der Waals surface area contributed by atoms with Crippen LogP contribution in [0.2, 0.25) is 0 Å². The number of benzene rings is 2. The van der Waals surface area contributed by atoms with Crippen LogP contribution in [-0.2, 0) is 21.4 Å². The summed E-state index contributed by atoms with van der Waals surface area (Å²) in [6.07, 6.45) is 3.02. The highest BCUT2D eigenvalue weighted by Crippen LogP contribution is 2.28. The third kappa shape index (κ3) is 4.80. The summed E-state index contributed by atoms with van der Waals surface area (Å²) in [6.45, 7) is 5.04. The molecule has 2 heterocycles. The summed E-state index contributed by atoms with van der Waals surface area (Å²) in [4.78, 5) is 18.3. The minimum Gasteiger partial charge on any atom is -0.315 e. The first-order chi connectivity index (χ1) is 15.7. The minimum absolute atomic E-state index is 0.0217. The third-order valence-corrected chi connectivity index (χ3v) is 9.49. The smallest absolute Gasteiger partial charge is 0.266 e. The van der Waals surface area contributed by atoms with Gasteiger partial charge in [-0.2, -0.15) is 21.1 Å². The van der Waals surface area contributed by atoms with E-state index in [1.54, 1.807) is 11.8 Å². The largest absolute Gasteiger partial charge is 0.315 e. The Hall–Kier alpha value is -2.01. The number of thioether (sulfide) groups is 1. The molecule has 1 aliphatic heterocycles. The lowest BCUT2D eigenvalue weighted by molar-refractivity contribution is -0.121. The molecule has 0 N–H and O–H groups in total.